The summed E-state index contributed by atoms with van der Waals surface area (Å²) < 4.78 is 50.2. The van der Waals surface area contributed by atoms with Crippen LogP contribution < -0.4 is 25.5 Å². The average Bonchev–Trinajstić information content (AvgIpc) is 1.16. The van der Waals surface area contributed by atoms with Crippen LogP contribution in [0.4, 0.5) is 10.5 Å². The van der Waals surface area contributed by atoms with Gasteiger partial charge in [0.15, 0.2) is 5.72 Å². The fourth-order valence-electron chi connectivity index (χ4n) is 10.5. The first-order chi connectivity index (χ1) is 44.2. The number of imide groups is 1. The van der Waals surface area contributed by atoms with Gasteiger partial charge in [0.1, 0.15) is 47.5 Å². The molecule has 0 spiro atoms. The number of esters is 1. The summed E-state index contributed by atoms with van der Waals surface area (Å²) in [5.41, 5.74) is 3.43. The summed E-state index contributed by atoms with van der Waals surface area (Å²) in [6, 6.07) is 8.03. The van der Waals surface area contributed by atoms with Crippen LogP contribution in [0.5, 0.6) is 11.5 Å². The van der Waals surface area contributed by atoms with Crippen molar-refractivity contribution < 1.29 is 96.0 Å². The van der Waals surface area contributed by atoms with Crippen molar-refractivity contribution in [2.24, 2.45) is 11.0 Å². The van der Waals surface area contributed by atoms with Crippen molar-refractivity contribution in [1.29, 1.82) is 0 Å². The number of rotatable bonds is 30. The number of aryl methyl sites for hydroxylation is 1. The minimum Gasteiger partial charge on any atom is -0.495 e. The molecule has 4 aliphatic rings. The van der Waals surface area contributed by atoms with Gasteiger partial charge in [0, 0.05) is 62.3 Å². The second-order valence-corrected chi connectivity index (χ2v) is 27.4. The number of allylic oxidation sites excluding steroid dienone is 3. The number of alkyl carbamates (subject to hydrolysis) is 1. The van der Waals surface area contributed by atoms with Gasteiger partial charge in [0.05, 0.1) is 89.8 Å². The lowest BCUT2D eigenvalue weighted by molar-refractivity contribution is -0.198. The summed E-state index contributed by atoms with van der Waals surface area (Å²) in [6.07, 6.45) is 2.67. The highest BCUT2D eigenvalue weighted by molar-refractivity contribution is 8.77. The normalized spacial score (nSPS) is 23.7. The molecule has 2 saturated heterocycles. The van der Waals surface area contributed by atoms with Gasteiger partial charge in [-0.2, -0.15) is 5.10 Å². The first-order valence-corrected chi connectivity index (χ1v) is 33.6. The van der Waals surface area contributed by atoms with Gasteiger partial charge in [-0.25, -0.2) is 19.8 Å². The van der Waals surface area contributed by atoms with Crippen molar-refractivity contribution in [3.05, 3.63) is 75.8 Å². The zero-order valence-electron chi connectivity index (χ0n) is 54.3. The quantitative estimate of drug-likeness (QED) is 0.0178. The number of fused-ring (bicyclic) bond motifs is 5. The third kappa shape index (κ3) is 23.8. The van der Waals surface area contributed by atoms with E-state index in [1.165, 1.54) is 61.6 Å². The molecule has 0 aromatic heterocycles. The van der Waals surface area contributed by atoms with Gasteiger partial charge in [-0.1, -0.05) is 63.9 Å². The topological polar surface area (TPSA) is 324 Å². The monoisotopic (exact) mass is 1360 g/mol. The van der Waals surface area contributed by atoms with E-state index in [9.17, 15) is 48.6 Å². The van der Waals surface area contributed by atoms with Gasteiger partial charge in [-0.3, -0.25) is 29.3 Å². The van der Waals surface area contributed by atoms with Crippen LogP contribution in [0.1, 0.15) is 122 Å². The van der Waals surface area contributed by atoms with Gasteiger partial charge in [-0.05, 0) is 114 Å². The third-order valence-corrected chi connectivity index (χ3v) is 19.3. The Kier molecular flexibility index (Phi) is 29.7. The van der Waals surface area contributed by atoms with E-state index < -0.39 is 88.5 Å². The van der Waals surface area contributed by atoms with Gasteiger partial charge in [0.2, 0.25) is 17.7 Å². The predicted molar refractivity (Wildman–Crippen MR) is 346 cm³/mol. The molecule has 6 rings (SSSR count). The minimum atomic E-state index is -1.96. The molecule has 29 heteroatoms. The molecule has 3 heterocycles. The fourth-order valence-corrected chi connectivity index (χ4v) is 13.3. The van der Waals surface area contributed by atoms with Gasteiger partial charge < -0.3 is 67.9 Å². The number of carbonyl (C=O) groups excluding carboxylic acids is 8. The zero-order valence-corrected chi connectivity index (χ0v) is 56.7. The first-order valence-electron chi connectivity index (χ1n) is 30.9. The summed E-state index contributed by atoms with van der Waals surface area (Å²) in [5, 5.41) is 34.5. The number of likely N-dealkylation sites (N-methyl/N-ethyl adjacent to an activating group) is 1. The molecule has 1 aliphatic carbocycles. The Morgan fingerprint density at radius 2 is 1.58 bits per heavy atom. The van der Waals surface area contributed by atoms with Crippen LogP contribution in [0.2, 0.25) is 5.02 Å². The SMILES string of the molecule is COc1cc2cc(c1Cl)NC(=O)C[C@H](OC(=O)[C@H](C)N(C)C(=O)CCSSC(C)(C)CC(=O)N/N=C1\CCCc3cc(OCCOCCOCCOCCOCCC(=O)ON4C(=O)CCC4=O)ccc31)C(C)(O)C[C@H](C)[C@@H]1C[C@@](O)(NC(=O)O1)[C@H](OC)/C=C/C=C(\C)C2. The number of benzene rings is 2. The Hall–Kier alpha value is -6.34. The number of methoxy groups -OCH3 is 2. The van der Waals surface area contributed by atoms with Crippen LogP contribution in [0.15, 0.2) is 59.2 Å². The highest BCUT2D eigenvalue weighted by Crippen LogP contribution is 2.40. The van der Waals surface area contributed by atoms with E-state index in [-0.39, 0.29) is 93.0 Å². The number of amides is 6. The molecular formula is C64H89ClN6O20S2. The molecule has 0 saturated carbocycles. The Balaban J connectivity index is 0.908. The Labute approximate surface area is 555 Å². The van der Waals surface area contributed by atoms with Crippen molar-refractivity contribution in [1.82, 2.24) is 20.7 Å². The number of nitrogens with one attached hydrogen (secondary N) is 3. The van der Waals surface area contributed by atoms with Crippen LogP contribution in [0, 0.1) is 5.92 Å². The number of anilines is 1. The van der Waals surface area contributed by atoms with Crippen LogP contribution >= 0.6 is 33.2 Å². The summed E-state index contributed by atoms with van der Waals surface area (Å²) >= 11 is 6.70. The molecule has 2 aromatic rings. The summed E-state index contributed by atoms with van der Waals surface area (Å²) in [7, 11) is 7.13. The second-order valence-electron chi connectivity index (χ2n) is 23.9. The Morgan fingerprint density at radius 3 is 2.25 bits per heavy atom. The number of ether oxygens (including phenoxy) is 9. The highest BCUT2D eigenvalue weighted by atomic mass is 35.5. The number of halogens is 1. The molecule has 5 N–H and O–H groups in total. The van der Waals surface area contributed by atoms with E-state index in [0.717, 1.165) is 40.8 Å². The predicted octanol–water partition coefficient (Wildman–Crippen LogP) is 6.71. The average molecular weight is 1360 g/mol. The fraction of sp³-hybridized carbons (Fsp3) is 0.609. The molecule has 93 heavy (non-hydrogen) atoms. The van der Waals surface area contributed by atoms with E-state index in [0.29, 0.717) is 69.0 Å². The zero-order chi connectivity index (χ0) is 67.9. The Morgan fingerprint density at radius 1 is 0.914 bits per heavy atom. The standard InChI is InChI=1S/C64H89ClN6O20S2/c1-40-12-10-15-51(83-9)64(81)38-50(89-61(79)67-64)41(2)37-63(6,80)52(36-53(72)66-48-33-43(32-40)34-49(82-8)59(48)65)90-60(78)42(3)70(7)55(74)21-31-92-93-62(4,5)39-54(73)69-68-47-14-11-13-44-35-45(16-17-46(44)47)88-30-29-87-28-27-86-26-25-85-24-23-84-22-20-58(77)91-71-56(75)18-19-57(71)76/h10,12,15-17,33-35,41-42,50-52,80-81H,11,13-14,18-32,36-39H2,1-9H3,(H,66,72)(H,67,79)(H,69,73)/b15-10+,40-12+,68-47+/t41-,42-,50-,51+,52-,63?,64-/m0/s1. The van der Waals surface area contributed by atoms with E-state index >= 15 is 0 Å². The number of hydrogen-bond acceptors (Lipinski definition) is 23. The van der Waals surface area contributed by atoms with Gasteiger partial charge in [0.25, 0.3) is 11.8 Å². The van der Waals surface area contributed by atoms with Crippen LogP contribution in [0.25, 0.3) is 0 Å². The molecule has 1 unspecified atom stereocenters. The van der Waals surface area contributed by atoms with Crippen molar-refractivity contribution >= 4 is 92.2 Å². The van der Waals surface area contributed by atoms with Crippen LogP contribution in [-0.4, -0.2) is 200 Å². The van der Waals surface area contributed by atoms with E-state index in [1.54, 1.807) is 31.2 Å². The van der Waals surface area contributed by atoms with E-state index in [2.05, 4.69) is 21.2 Å². The molecule has 6 amide bonds. The lowest BCUT2D eigenvalue weighted by atomic mass is 9.81. The molecule has 7 atom stereocenters. The number of hydrogen-bond donors (Lipinski definition) is 5. The van der Waals surface area contributed by atoms with E-state index in [1.807, 2.05) is 45.0 Å². The maximum absolute atomic E-state index is 14.1. The van der Waals surface area contributed by atoms with Crippen molar-refractivity contribution in [2.45, 2.75) is 159 Å². The van der Waals surface area contributed by atoms with Crippen LogP contribution in [-0.2, 0) is 84.4 Å². The third-order valence-electron chi connectivity index (χ3n) is 15.7. The molecule has 2 aromatic carbocycles. The van der Waals surface area contributed by atoms with Crippen molar-refractivity contribution in [3.63, 3.8) is 0 Å². The largest absolute Gasteiger partial charge is 0.495 e. The second kappa shape index (κ2) is 36.5. The molecule has 0 radical (unpaired) electrons. The highest BCUT2D eigenvalue weighted by Gasteiger charge is 2.49. The van der Waals surface area contributed by atoms with Gasteiger partial charge in [-0.15, -0.1) is 5.06 Å². The smallest absolute Gasteiger partial charge is 0.409 e. The van der Waals surface area contributed by atoms with Crippen molar-refractivity contribution in [3.8, 4) is 11.5 Å². The summed E-state index contributed by atoms with van der Waals surface area (Å²) in [4.78, 5) is 109. The van der Waals surface area contributed by atoms with Crippen molar-refractivity contribution in [2.75, 3.05) is 91.8 Å². The molecule has 4 bridgehead atoms. The number of aliphatic hydroxyl groups is 2. The maximum atomic E-state index is 14.1. The first kappa shape index (κ1) is 75.7. The Bertz CT molecular complexity index is 3020. The molecule has 514 valence electrons. The summed E-state index contributed by atoms with van der Waals surface area (Å²) in [6.45, 7) is 13.0. The number of nitrogens with zero attached hydrogens (tertiary/aromatic N) is 3. The minimum absolute atomic E-state index is 0.0288. The van der Waals surface area contributed by atoms with Gasteiger partial charge >= 0.3 is 18.0 Å². The number of carbonyl (C=O) groups is 8. The lowest BCUT2D eigenvalue weighted by Crippen LogP contribution is -2.63. The summed E-state index contributed by atoms with van der Waals surface area (Å²) in [5.74, 6) is -3.38. The van der Waals surface area contributed by atoms with E-state index in [4.69, 9.17) is 59.1 Å². The molecule has 3 aliphatic heterocycles. The number of hydroxylamine groups is 2. The molecule has 26 nitrogen and oxygen atoms in total. The molecular weight excluding hydrogens is 1270 g/mol. The molecule has 2 fully saturated rings. The van der Waals surface area contributed by atoms with Crippen LogP contribution in [0.3, 0.4) is 0 Å². The lowest BCUT2D eigenvalue weighted by Gasteiger charge is -2.43. The number of hydrazone groups is 1. The maximum Gasteiger partial charge on any atom is 0.409 e.